The van der Waals surface area contributed by atoms with Crippen LogP contribution in [0.4, 0.5) is 11.4 Å². The summed E-state index contributed by atoms with van der Waals surface area (Å²) in [6, 6.07) is 14.9. The Hall–Kier alpha value is -1.98. The molecule has 0 bridgehead atoms. The molecule has 0 spiro atoms. The lowest BCUT2D eigenvalue weighted by atomic mass is 9.79. The number of fused-ring (bicyclic) bond motifs is 1. The van der Waals surface area contributed by atoms with E-state index in [1.807, 2.05) is 18.2 Å². The standard InChI is InChI=1S/C19H23BN2O2/c23-20-19-12-17(7-6-16(19)14-24-20)21-13-15-4-8-18(9-5-15)22-10-2-1-3-11-22/h4-9,12,21,23H,1-3,10-11,13-14H2. The molecule has 2 aliphatic heterocycles. The van der Waals surface area contributed by atoms with Crippen molar-refractivity contribution in [1.82, 2.24) is 0 Å². The van der Waals surface area contributed by atoms with Gasteiger partial charge in [0.2, 0.25) is 0 Å². The van der Waals surface area contributed by atoms with Crippen molar-refractivity contribution in [2.45, 2.75) is 32.4 Å². The molecule has 124 valence electrons. The number of piperidine rings is 1. The van der Waals surface area contributed by atoms with E-state index >= 15 is 0 Å². The van der Waals surface area contributed by atoms with Gasteiger partial charge in [0, 0.05) is 31.0 Å². The van der Waals surface area contributed by atoms with E-state index in [1.54, 1.807) is 0 Å². The Morgan fingerprint density at radius 1 is 1.04 bits per heavy atom. The molecule has 1 saturated heterocycles. The highest BCUT2D eigenvalue weighted by Gasteiger charge is 2.27. The summed E-state index contributed by atoms with van der Waals surface area (Å²) in [4.78, 5) is 2.47. The summed E-state index contributed by atoms with van der Waals surface area (Å²) in [6.07, 6.45) is 3.97. The first-order chi connectivity index (χ1) is 11.8. The first-order valence-corrected chi connectivity index (χ1v) is 8.80. The topological polar surface area (TPSA) is 44.7 Å². The minimum atomic E-state index is -0.787. The molecule has 24 heavy (non-hydrogen) atoms. The fraction of sp³-hybridized carbons (Fsp3) is 0.368. The van der Waals surface area contributed by atoms with Crippen molar-refractivity contribution in [3.63, 3.8) is 0 Å². The summed E-state index contributed by atoms with van der Waals surface area (Å²) >= 11 is 0. The predicted molar refractivity (Wildman–Crippen MR) is 98.7 cm³/mol. The molecule has 4 rings (SSSR count). The lowest BCUT2D eigenvalue weighted by Crippen LogP contribution is -2.29. The van der Waals surface area contributed by atoms with Crippen LogP contribution in [0.3, 0.4) is 0 Å². The highest BCUT2D eigenvalue weighted by atomic mass is 16.5. The molecule has 0 amide bonds. The predicted octanol–water partition coefficient (Wildman–Crippen LogP) is 2.51. The Bertz CT molecular complexity index is 699. The van der Waals surface area contributed by atoms with E-state index in [4.69, 9.17) is 4.65 Å². The van der Waals surface area contributed by atoms with Gasteiger partial charge in [-0.15, -0.1) is 0 Å². The van der Waals surface area contributed by atoms with E-state index in [9.17, 15) is 5.02 Å². The average Bonchev–Trinajstić information content (AvgIpc) is 3.02. The summed E-state index contributed by atoms with van der Waals surface area (Å²) < 4.78 is 5.23. The number of nitrogens with one attached hydrogen (secondary N) is 1. The molecular formula is C19H23BN2O2. The number of hydrogen-bond acceptors (Lipinski definition) is 4. The minimum Gasteiger partial charge on any atom is -0.423 e. The van der Waals surface area contributed by atoms with Gasteiger partial charge in [-0.25, -0.2) is 0 Å². The van der Waals surface area contributed by atoms with Gasteiger partial charge in [0.25, 0.3) is 0 Å². The number of hydrogen-bond donors (Lipinski definition) is 2. The number of benzene rings is 2. The second-order valence-corrected chi connectivity index (χ2v) is 6.64. The van der Waals surface area contributed by atoms with Crippen LogP contribution in [0.5, 0.6) is 0 Å². The lowest BCUT2D eigenvalue weighted by molar-refractivity contribution is 0.275. The maximum absolute atomic E-state index is 9.79. The summed E-state index contributed by atoms with van der Waals surface area (Å²) in [5.74, 6) is 0. The van der Waals surface area contributed by atoms with Gasteiger partial charge in [-0.3, -0.25) is 0 Å². The van der Waals surface area contributed by atoms with E-state index in [0.29, 0.717) is 6.61 Å². The second-order valence-electron chi connectivity index (χ2n) is 6.64. The van der Waals surface area contributed by atoms with Crippen LogP contribution >= 0.6 is 0 Å². The Labute approximate surface area is 143 Å². The van der Waals surface area contributed by atoms with Crippen molar-refractivity contribution in [3.8, 4) is 0 Å². The zero-order chi connectivity index (χ0) is 16.4. The lowest BCUT2D eigenvalue weighted by Gasteiger charge is -2.28. The van der Waals surface area contributed by atoms with Gasteiger partial charge in [0.15, 0.2) is 0 Å². The van der Waals surface area contributed by atoms with Crippen molar-refractivity contribution in [2.75, 3.05) is 23.3 Å². The molecule has 0 saturated carbocycles. The van der Waals surface area contributed by atoms with Crippen LogP contribution in [0, 0.1) is 0 Å². The first-order valence-electron chi connectivity index (χ1n) is 8.80. The summed E-state index contributed by atoms with van der Waals surface area (Å²) in [6.45, 7) is 3.62. The molecule has 0 atom stereocenters. The van der Waals surface area contributed by atoms with Gasteiger partial charge in [-0.1, -0.05) is 18.2 Å². The Balaban J connectivity index is 1.38. The second kappa shape index (κ2) is 6.87. The van der Waals surface area contributed by atoms with Gasteiger partial charge in [0.05, 0.1) is 6.61 Å². The van der Waals surface area contributed by atoms with Gasteiger partial charge in [-0.05, 0) is 60.1 Å². The zero-order valence-electron chi connectivity index (χ0n) is 13.9. The maximum atomic E-state index is 9.79. The van der Waals surface area contributed by atoms with Crippen LogP contribution < -0.4 is 15.7 Å². The number of nitrogens with zero attached hydrogens (tertiary/aromatic N) is 1. The molecule has 1 fully saturated rings. The Kier molecular flexibility index (Phi) is 4.45. The van der Waals surface area contributed by atoms with Crippen molar-refractivity contribution in [2.24, 2.45) is 0 Å². The largest absolute Gasteiger partial charge is 0.491 e. The third kappa shape index (κ3) is 3.28. The SMILES string of the molecule is OB1OCc2ccc(NCc3ccc(N4CCCCC4)cc3)cc21. The third-order valence-corrected chi connectivity index (χ3v) is 4.96. The molecular weight excluding hydrogens is 299 g/mol. The third-order valence-electron chi connectivity index (χ3n) is 4.96. The molecule has 4 nitrogen and oxygen atoms in total. The quantitative estimate of drug-likeness (QED) is 0.849. The number of anilines is 2. The normalized spacial score (nSPS) is 17.0. The Morgan fingerprint density at radius 3 is 2.62 bits per heavy atom. The first kappa shape index (κ1) is 15.5. The van der Waals surface area contributed by atoms with Crippen LogP contribution in [0.25, 0.3) is 0 Å². The van der Waals surface area contributed by atoms with E-state index in [2.05, 4.69) is 34.5 Å². The van der Waals surface area contributed by atoms with E-state index in [1.165, 1.54) is 43.6 Å². The molecule has 0 radical (unpaired) electrons. The van der Waals surface area contributed by atoms with Crippen LogP contribution in [-0.2, 0) is 17.8 Å². The van der Waals surface area contributed by atoms with Crippen molar-refractivity contribution >= 4 is 24.0 Å². The van der Waals surface area contributed by atoms with E-state index < -0.39 is 7.12 Å². The van der Waals surface area contributed by atoms with Gasteiger partial charge < -0.3 is 19.9 Å². The molecule has 2 heterocycles. The van der Waals surface area contributed by atoms with Gasteiger partial charge in [0.1, 0.15) is 0 Å². The smallest absolute Gasteiger partial charge is 0.423 e. The summed E-state index contributed by atoms with van der Waals surface area (Å²) in [7, 11) is -0.787. The maximum Gasteiger partial charge on any atom is 0.491 e. The summed E-state index contributed by atoms with van der Waals surface area (Å²) in [5.41, 5.74) is 5.54. The molecule has 2 aromatic carbocycles. The van der Waals surface area contributed by atoms with Crippen LogP contribution in [0.2, 0.25) is 0 Å². The van der Waals surface area contributed by atoms with Crippen molar-refractivity contribution < 1.29 is 9.68 Å². The number of rotatable bonds is 4. The average molecular weight is 322 g/mol. The van der Waals surface area contributed by atoms with Gasteiger partial charge in [-0.2, -0.15) is 0 Å². The molecule has 2 N–H and O–H groups in total. The van der Waals surface area contributed by atoms with Gasteiger partial charge >= 0.3 is 7.12 Å². The highest BCUT2D eigenvalue weighted by Crippen LogP contribution is 2.21. The van der Waals surface area contributed by atoms with Crippen LogP contribution in [-0.4, -0.2) is 25.2 Å². The van der Waals surface area contributed by atoms with Crippen LogP contribution in [0.15, 0.2) is 42.5 Å². The monoisotopic (exact) mass is 322 g/mol. The van der Waals surface area contributed by atoms with Crippen molar-refractivity contribution in [1.29, 1.82) is 0 Å². The highest BCUT2D eigenvalue weighted by molar-refractivity contribution is 6.61. The summed E-state index contributed by atoms with van der Waals surface area (Å²) in [5, 5.41) is 13.2. The minimum absolute atomic E-state index is 0.495. The fourth-order valence-electron chi connectivity index (χ4n) is 3.51. The molecule has 5 heteroatoms. The van der Waals surface area contributed by atoms with Crippen LogP contribution in [0.1, 0.15) is 30.4 Å². The van der Waals surface area contributed by atoms with E-state index in [-0.39, 0.29) is 0 Å². The molecule has 0 aromatic heterocycles. The molecule has 2 aliphatic rings. The fourth-order valence-corrected chi connectivity index (χ4v) is 3.51. The molecule has 2 aromatic rings. The molecule has 0 unspecified atom stereocenters. The molecule has 0 aliphatic carbocycles. The van der Waals surface area contributed by atoms with E-state index in [0.717, 1.165) is 23.3 Å². The van der Waals surface area contributed by atoms with Crippen molar-refractivity contribution in [3.05, 3.63) is 53.6 Å². The zero-order valence-corrected chi connectivity index (χ0v) is 13.9. The Morgan fingerprint density at radius 2 is 1.83 bits per heavy atom.